The minimum Gasteiger partial charge on any atom is -0.748 e. The molecule has 0 aliphatic heterocycles. The molecule has 0 fully saturated rings. The molecule has 0 aliphatic carbocycles. The molecule has 4 heteroatoms. The second kappa shape index (κ2) is 22.0. The van der Waals surface area contributed by atoms with Crippen LogP contribution in [0.4, 0.5) is 0 Å². The first-order valence-electron chi connectivity index (χ1n) is 17.8. The van der Waals surface area contributed by atoms with Crippen LogP contribution in [0.15, 0.2) is 146 Å². The zero-order chi connectivity index (χ0) is 35.0. The van der Waals surface area contributed by atoms with Gasteiger partial charge in [0.1, 0.15) is 0 Å². The summed E-state index contributed by atoms with van der Waals surface area (Å²) in [6.45, 7) is 18.1. The van der Waals surface area contributed by atoms with Crippen LogP contribution >= 0.6 is 15.8 Å². The molecule has 0 amide bonds. The molecule has 50 heavy (non-hydrogen) atoms. The largest absolute Gasteiger partial charge is 0.748 e. The van der Waals surface area contributed by atoms with Gasteiger partial charge in [0.2, 0.25) is 0 Å². The molecule has 0 heterocycles. The van der Waals surface area contributed by atoms with Gasteiger partial charge in [-0.3, -0.25) is 0 Å². The summed E-state index contributed by atoms with van der Waals surface area (Å²) in [6, 6.07) is 53.5. The number of nitrogens with one attached hydrogen (secondary N) is 1. The van der Waals surface area contributed by atoms with Crippen LogP contribution in [0.2, 0.25) is 0 Å². The normalized spacial score (nSPS) is 11.2. The maximum Gasteiger partial charge on any atom is 0 e. The third kappa shape index (κ3) is 12.3. The Morgan fingerprint density at radius 1 is 0.560 bits per heavy atom. The van der Waals surface area contributed by atoms with Crippen molar-refractivity contribution in [3.63, 3.8) is 0 Å². The van der Waals surface area contributed by atoms with Gasteiger partial charge < -0.3 is 35.6 Å². The van der Waals surface area contributed by atoms with E-state index in [9.17, 15) is 0 Å². The molecular weight excluding hydrogens is 684 g/mol. The third-order valence-corrected chi connectivity index (χ3v) is 13.5. The standard InChI is InChI=1S/C35H35P2.C6H15N.C5H5.Fe/c1-25-19-26(2)22-32(21-25)36(33-23-27(3)20-28(4)24-33)29(5)34-17-12-18-35(34)37(30-13-8-6-9-14-30)31-15-10-7-11-16-31;1-3-5-7-6-4-2;1-2-4-5-3-1;/h6-24,29H,1-5H3;7H,3-6H2,1-2H3;1-5H;/q-1;;-5;. The summed E-state index contributed by atoms with van der Waals surface area (Å²) in [7, 11) is -1.24. The Hall–Kier alpha value is -3.08. The fourth-order valence-electron chi connectivity index (χ4n) is 6.28. The van der Waals surface area contributed by atoms with Crippen molar-refractivity contribution >= 4 is 42.4 Å². The smallest absolute Gasteiger partial charge is 0 e. The Kier molecular flexibility index (Phi) is 18.2. The van der Waals surface area contributed by atoms with Crippen LogP contribution in [-0.4, -0.2) is 13.1 Å². The minimum absolute atomic E-state index is 0. The predicted octanol–water partition coefficient (Wildman–Crippen LogP) is 10.4. The number of hydrogen-bond acceptors (Lipinski definition) is 1. The van der Waals surface area contributed by atoms with E-state index in [0.29, 0.717) is 5.66 Å². The summed E-state index contributed by atoms with van der Waals surface area (Å²) in [4.78, 5) is 0. The molecule has 268 valence electrons. The molecule has 1 N–H and O–H groups in total. The van der Waals surface area contributed by atoms with Crippen LogP contribution in [-0.2, 0) is 17.1 Å². The minimum atomic E-state index is -0.639. The zero-order valence-corrected chi connectivity index (χ0v) is 33.9. The Morgan fingerprint density at radius 2 is 0.960 bits per heavy atom. The second-order valence-corrected chi connectivity index (χ2v) is 17.6. The number of hydrogen-bond donors (Lipinski definition) is 1. The van der Waals surface area contributed by atoms with Crippen LogP contribution in [0, 0.1) is 27.7 Å². The Balaban J connectivity index is 0.000000443. The van der Waals surface area contributed by atoms with E-state index in [0.717, 1.165) is 0 Å². The topological polar surface area (TPSA) is 12.0 Å². The van der Waals surface area contributed by atoms with E-state index in [2.05, 4.69) is 169 Å². The molecule has 0 radical (unpaired) electrons. The van der Waals surface area contributed by atoms with Crippen LogP contribution in [0.5, 0.6) is 0 Å². The van der Waals surface area contributed by atoms with Crippen molar-refractivity contribution in [2.24, 2.45) is 0 Å². The van der Waals surface area contributed by atoms with Gasteiger partial charge in [0.05, 0.1) is 0 Å². The number of rotatable bonds is 11. The molecule has 1 nitrogen and oxygen atoms in total. The molecule has 6 aromatic carbocycles. The molecular formula is C46H55FeNP2-6. The molecule has 6 rings (SSSR count). The van der Waals surface area contributed by atoms with Crippen molar-refractivity contribution in [1.82, 2.24) is 5.32 Å². The quantitative estimate of drug-likeness (QED) is 0.0604. The van der Waals surface area contributed by atoms with Gasteiger partial charge >= 0.3 is 0 Å². The van der Waals surface area contributed by atoms with Gasteiger partial charge in [-0.15, -0.1) is 10.9 Å². The average molecular weight is 740 g/mol. The van der Waals surface area contributed by atoms with Gasteiger partial charge in [-0.25, -0.2) is 12.1 Å². The van der Waals surface area contributed by atoms with Crippen LogP contribution < -0.4 is 31.8 Å². The van der Waals surface area contributed by atoms with E-state index in [4.69, 9.17) is 0 Å². The molecule has 0 bridgehead atoms. The maximum atomic E-state index is 3.28. The summed E-state index contributed by atoms with van der Waals surface area (Å²) in [6.07, 6.45) is 2.50. The van der Waals surface area contributed by atoms with E-state index in [1.54, 1.807) is 0 Å². The third-order valence-electron chi connectivity index (χ3n) is 8.31. The Labute approximate surface area is 316 Å². The molecule has 1 atom stereocenters. The van der Waals surface area contributed by atoms with Gasteiger partial charge in [-0.05, 0) is 96.3 Å². The van der Waals surface area contributed by atoms with Crippen molar-refractivity contribution in [1.29, 1.82) is 0 Å². The van der Waals surface area contributed by atoms with E-state index < -0.39 is 15.8 Å². The summed E-state index contributed by atoms with van der Waals surface area (Å²) < 4.78 is 0. The second-order valence-electron chi connectivity index (χ2n) is 12.8. The monoisotopic (exact) mass is 739 g/mol. The van der Waals surface area contributed by atoms with Crippen LogP contribution in [0.1, 0.15) is 67.1 Å². The molecule has 0 aliphatic rings. The zero-order valence-electron chi connectivity index (χ0n) is 31.0. The van der Waals surface area contributed by atoms with E-state index in [1.807, 2.05) is 30.3 Å². The van der Waals surface area contributed by atoms with Crippen LogP contribution in [0.3, 0.4) is 0 Å². The van der Waals surface area contributed by atoms with Gasteiger partial charge in [0.15, 0.2) is 0 Å². The maximum absolute atomic E-state index is 3.28. The van der Waals surface area contributed by atoms with E-state index in [1.165, 1.54) is 80.3 Å². The number of aryl methyl sites for hydroxylation is 4. The Bertz CT molecular complexity index is 1620. The fraction of sp³-hybridized carbons (Fsp3) is 0.261. The van der Waals surface area contributed by atoms with Gasteiger partial charge in [0, 0.05) is 17.1 Å². The van der Waals surface area contributed by atoms with Crippen molar-refractivity contribution in [2.45, 2.75) is 67.0 Å². The fourth-order valence-corrected chi connectivity index (χ4v) is 12.0. The van der Waals surface area contributed by atoms with Crippen molar-refractivity contribution in [3.8, 4) is 0 Å². The summed E-state index contributed by atoms with van der Waals surface area (Å²) in [5, 5.41) is 10.5. The van der Waals surface area contributed by atoms with Crippen molar-refractivity contribution in [2.75, 3.05) is 13.1 Å². The number of benzene rings is 4. The SMILES string of the molecule is CCCNCCC.Cc1cc(C)cc(P(c2cc(C)cc(C)c2)C(C)[c-]2cccc2P(c2ccccc2)c2ccccc2)c1.[Fe].[cH-]1[cH-][cH-][cH-][cH-]1. The molecule has 0 saturated carbocycles. The average Bonchev–Trinajstić information content (AvgIpc) is 3.83. The molecule has 0 spiro atoms. The summed E-state index contributed by atoms with van der Waals surface area (Å²) in [5.74, 6) is 0. The summed E-state index contributed by atoms with van der Waals surface area (Å²) in [5.41, 5.74) is 7.26. The summed E-state index contributed by atoms with van der Waals surface area (Å²) >= 11 is 0. The van der Waals surface area contributed by atoms with Crippen LogP contribution in [0.25, 0.3) is 0 Å². The van der Waals surface area contributed by atoms with Crippen molar-refractivity contribution < 1.29 is 17.1 Å². The first-order chi connectivity index (χ1) is 23.8. The molecule has 1 unspecified atom stereocenters. The van der Waals surface area contributed by atoms with Gasteiger partial charge in [0.25, 0.3) is 0 Å². The molecule has 6 aromatic rings. The van der Waals surface area contributed by atoms with Crippen molar-refractivity contribution in [3.05, 3.63) is 173 Å². The first-order valence-corrected chi connectivity index (χ1v) is 20.6. The predicted molar refractivity (Wildman–Crippen MR) is 223 cm³/mol. The molecule has 0 saturated heterocycles. The van der Waals surface area contributed by atoms with E-state index >= 15 is 0 Å². The Morgan fingerprint density at radius 3 is 1.34 bits per heavy atom. The van der Waals surface area contributed by atoms with E-state index in [-0.39, 0.29) is 17.1 Å². The van der Waals surface area contributed by atoms with Gasteiger partial charge in [-0.1, -0.05) is 140 Å². The molecule has 0 aromatic heterocycles. The van der Waals surface area contributed by atoms with Gasteiger partial charge in [-0.2, -0.15) is 6.07 Å². The first kappa shape index (κ1) is 41.3.